The minimum atomic E-state index is -0.764. The smallest absolute Gasteiger partial charge is 0.261 e. The fourth-order valence-corrected chi connectivity index (χ4v) is 4.24. The van der Waals surface area contributed by atoms with Crippen LogP contribution in [0.15, 0.2) is 72.8 Å². The molecule has 3 aromatic carbocycles. The zero-order valence-corrected chi connectivity index (χ0v) is 22.8. The van der Waals surface area contributed by atoms with Gasteiger partial charge in [-0.2, -0.15) is 0 Å². The van der Waals surface area contributed by atoms with Crippen LogP contribution in [-0.4, -0.2) is 42.5 Å². The molecule has 0 radical (unpaired) electrons. The summed E-state index contributed by atoms with van der Waals surface area (Å²) in [7, 11) is 1.59. The molecule has 37 heavy (non-hydrogen) atoms. The van der Waals surface area contributed by atoms with Crippen LogP contribution in [0, 0.1) is 0 Å². The highest BCUT2D eigenvalue weighted by molar-refractivity contribution is 6.35. The first-order valence-corrected chi connectivity index (χ1v) is 12.9. The number of benzene rings is 3. The molecule has 0 saturated carbocycles. The zero-order valence-electron chi connectivity index (χ0n) is 21.2. The van der Waals surface area contributed by atoms with Crippen LogP contribution < -0.4 is 14.8 Å². The van der Waals surface area contributed by atoms with Gasteiger partial charge in [-0.15, -0.1) is 0 Å². The zero-order chi connectivity index (χ0) is 26.8. The first-order valence-electron chi connectivity index (χ1n) is 12.1. The monoisotopic (exact) mass is 542 g/mol. The van der Waals surface area contributed by atoms with Crippen molar-refractivity contribution in [2.75, 3.05) is 13.7 Å². The van der Waals surface area contributed by atoms with E-state index >= 15 is 0 Å². The summed E-state index contributed by atoms with van der Waals surface area (Å²) in [5, 5.41) is 3.82. The van der Waals surface area contributed by atoms with Crippen molar-refractivity contribution in [3.63, 3.8) is 0 Å². The topological polar surface area (TPSA) is 67.9 Å². The maximum atomic E-state index is 13.7. The molecule has 8 heteroatoms. The van der Waals surface area contributed by atoms with Crippen molar-refractivity contribution in [3.05, 3.63) is 94.0 Å². The molecule has 2 amide bonds. The van der Waals surface area contributed by atoms with Crippen LogP contribution in [-0.2, 0) is 22.6 Å². The Morgan fingerprint density at radius 2 is 1.70 bits per heavy atom. The number of carbonyl (C=O) groups is 2. The molecular weight excluding hydrogens is 511 g/mol. The molecule has 6 nitrogen and oxygen atoms in total. The summed E-state index contributed by atoms with van der Waals surface area (Å²) >= 11 is 12.2. The average Bonchev–Trinajstić information content (AvgIpc) is 2.90. The molecule has 0 spiro atoms. The minimum Gasteiger partial charge on any atom is -0.497 e. The van der Waals surface area contributed by atoms with Crippen LogP contribution in [0.3, 0.4) is 0 Å². The van der Waals surface area contributed by atoms with E-state index in [0.29, 0.717) is 28.0 Å². The number of carbonyl (C=O) groups excluding carboxylic acids is 2. The highest BCUT2D eigenvalue weighted by Gasteiger charge is 2.31. The molecule has 0 heterocycles. The average molecular weight is 543 g/mol. The number of hydrogen-bond donors (Lipinski definition) is 1. The van der Waals surface area contributed by atoms with E-state index in [4.69, 9.17) is 32.7 Å². The summed E-state index contributed by atoms with van der Waals surface area (Å²) < 4.78 is 11.1. The van der Waals surface area contributed by atoms with Gasteiger partial charge in [-0.3, -0.25) is 9.59 Å². The van der Waals surface area contributed by atoms with Crippen molar-refractivity contribution < 1.29 is 19.1 Å². The lowest BCUT2D eigenvalue weighted by Gasteiger charge is -2.32. The lowest BCUT2D eigenvalue weighted by atomic mass is 10.0. The van der Waals surface area contributed by atoms with Crippen molar-refractivity contribution in [1.29, 1.82) is 0 Å². The summed E-state index contributed by atoms with van der Waals surface area (Å²) in [5.74, 6) is 0.426. The highest BCUT2D eigenvalue weighted by atomic mass is 35.5. The molecule has 0 aromatic heterocycles. The van der Waals surface area contributed by atoms with Crippen LogP contribution in [0.25, 0.3) is 0 Å². The molecule has 0 aliphatic rings. The second-order valence-electron chi connectivity index (χ2n) is 8.76. The molecule has 0 bridgehead atoms. The number of nitrogens with one attached hydrogen (secondary N) is 1. The van der Waals surface area contributed by atoms with E-state index < -0.39 is 6.04 Å². The fraction of sp³-hybridized carbons (Fsp3) is 0.310. The normalized spacial score (nSPS) is 12.4. The first kappa shape index (κ1) is 28.4. The van der Waals surface area contributed by atoms with E-state index in [-0.39, 0.29) is 31.0 Å². The Kier molecular flexibility index (Phi) is 10.7. The summed E-state index contributed by atoms with van der Waals surface area (Å²) in [5.41, 5.74) is 1.77. The molecule has 0 fully saturated rings. The number of rotatable bonds is 12. The van der Waals surface area contributed by atoms with Gasteiger partial charge in [0.2, 0.25) is 5.91 Å². The second kappa shape index (κ2) is 13.9. The van der Waals surface area contributed by atoms with Gasteiger partial charge in [0.1, 0.15) is 17.5 Å². The van der Waals surface area contributed by atoms with Crippen molar-refractivity contribution in [1.82, 2.24) is 10.2 Å². The molecule has 196 valence electrons. The Balaban J connectivity index is 1.94. The van der Waals surface area contributed by atoms with E-state index in [1.54, 1.807) is 30.2 Å². The van der Waals surface area contributed by atoms with Crippen LogP contribution in [0.2, 0.25) is 10.0 Å². The van der Waals surface area contributed by atoms with Crippen LogP contribution in [0.4, 0.5) is 0 Å². The largest absolute Gasteiger partial charge is 0.497 e. The maximum absolute atomic E-state index is 13.7. The van der Waals surface area contributed by atoms with E-state index in [1.165, 1.54) is 0 Å². The van der Waals surface area contributed by atoms with Crippen LogP contribution >= 0.6 is 23.2 Å². The Bertz CT molecular complexity index is 1190. The maximum Gasteiger partial charge on any atom is 0.261 e. The summed E-state index contributed by atoms with van der Waals surface area (Å²) in [4.78, 5) is 28.8. The number of amides is 2. The summed E-state index contributed by atoms with van der Waals surface area (Å²) in [6, 6.07) is 21.1. The van der Waals surface area contributed by atoms with Crippen molar-refractivity contribution >= 4 is 35.0 Å². The van der Waals surface area contributed by atoms with Gasteiger partial charge in [0.15, 0.2) is 6.61 Å². The second-order valence-corrected chi connectivity index (χ2v) is 9.60. The summed E-state index contributed by atoms with van der Waals surface area (Å²) in [6.07, 6.45) is 1.12. The Labute approximate surface area is 228 Å². The fourth-order valence-electron chi connectivity index (χ4n) is 3.78. The van der Waals surface area contributed by atoms with Crippen LogP contribution in [0.5, 0.6) is 11.5 Å². The van der Waals surface area contributed by atoms with Crippen molar-refractivity contribution in [2.24, 2.45) is 0 Å². The molecule has 3 aromatic rings. The lowest BCUT2D eigenvalue weighted by molar-refractivity contribution is -0.143. The standard InChI is InChI=1S/C29H32Cl2N2O4/c1-4-20(2)32-29(35)26(16-21-9-6-5-7-10-21)33(18-22-11-8-12-24(15-22)36-3)28(34)19-37-27-14-13-23(30)17-25(27)31/h5-15,17,20,26H,4,16,18-19H2,1-3H3,(H,32,35)/t20-,26+/m0/s1. The molecule has 0 aliphatic carbocycles. The molecular formula is C29H32Cl2N2O4. The van der Waals surface area contributed by atoms with E-state index in [2.05, 4.69) is 5.32 Å². The molecule has 0 saturated heterocycles. The summed E-state index contributed by atoms with van der Waals surface area (Å²) in [6.45, 7) is 3.84. The Hall–Kier alpha value is -3.22. The lowest BCUT2D eigenvalue weighted by Crippen LogP contribution is -2.53. The van der Waals surface area contributed by atoms with Crippen molar-refractivity contribution in [2.45, 2.75) is 45.3 Å². The number of methoxy groups -OCH3 is 1. The predicted octanol–water partition coefficient (Wildman–Crippen LogP) is 5.94. The SMILES string of the molecule is CC[C@H](C)NC(=O)[C@@H](Cc1ccccc1)N(Cc1cccc(OC)c1)C(=O)COc1ccc(Cl)cc1Cl. The molecule has 3 rings (SSSR count). The third-order valence-corrected chi connectivity index (χ3v) is 6.53. The molecule has 2 atom stereocenters. The van der Waals surface area contributed by atoms with Gasteiger partial charge in [0, 0.05) is 24.0 Å². The number of ether oxygens (including phenoxy) is 2. The third kappa shape index (κ3) is 8.41. The van der Waals surface area contributed by atoms with E-state index in [1.807, 2.05) is 68.4 Å². The van der Waals surface area contributed by atoms with Crippen LogP contribution in [0.1, 0.15) is 31.4 Å². The number of halogens is 2. The van der Waals surface area contributed by atoms with Crippen molar-refractivity contribution in [3.8, 4) is 11.5 Å². The van der Waals surface area contributed by atoms with E-state index in [9.17, 15) is 9.59 Å². The molecule has 0 unspecified atom stereocenters. The van der Waals surface area contributed by atoms with E-state index in [0.717, 1.165) is 17.5 Å². The predicted molar refractivity (Wildman–Crippen MR) is 147 cm³/mol. The third-order valence-electron chi connectivity index (χ3n) is 6.00. The number of nitrogens with zero attached hydrogens (tertiary/aromatic N) is 1. The minimum absolute atomic E-state index is 0.0383. The Morgan fingerprint density at radius 1 is 0.973 bits per heavy atom. The van der Waals surface area contributed by atoms with Gasteiger partial charge in [-0.1, -0.05) is 72.6 Å². The van der Waals surface area contributed by atoms with Gasteiger partial charge in [0.05, 0.1) is 12.1 Å². The van der Waals surface area contributed by atoms with Gasteiger partial charge < -0.3 is 19.7 Å². The van der Waals surface area contributed by atoms with Gasteiger partial charge in [-0.05, 0) is 54.8 Å². The van der Waals surface area contributed by atoms with Gasteiger partial charge in [-0.25, -0.2) is 0 Å². The quantitative estimate of drug-likeness (QED) is 0.307. The van der Waals surface area contributed by atoms with Gasteiger partial charge in [0.25, 0.3) is 5.91 Å². The number of hydrogen-bond acceptors (Lipinski definition) is 4. The van der Waals surface area contributed by atoms with Gasteiger partial charge >= 0.3 is 0 Å². The molecule has 1 N–H and O–H groups in total. The first-order chi connectivity index (χ1) is 17.8. The Morgan fingerprint density at radius 3 is 2.38 bits per heavy atom. The highest BCUT2D eigenvalue weighted by Crippen LogP contribution is 2.28. The molecule has 0 aliphatic heterocycles.